The number of anilines is 1. The van der Waals surface area contributed by atoms with Crippen molar-refractivity contribution in [3.63, 3.8) is 0 Å². The number of hydrogen-bond acceptors (Lipinski definition) is 3. The fraction of sp³-hybridized carbons (Fsp3) is 0.500. The van der Waals surface area contributed by atoms with E-state index >= 15 is 0 Å². The molecule has 0 aromatic heterocycles. The van der Waals surface area contributed by atoms with E-state index in [1.165, 1.54) is 0 Å². The van der Waals surface area contributed by atoms with Crippen molar-refractivity contribution in [3.8, 4) is 0 Å². The summed E-state index contributed by atoms with van der Waals surface area (Å²) in [5, 5.41) is 6.11. The molecule has 1 amide bonds. The molecule has 2 unspecified atom stereocenters. The third-order valence-electron chi connectivity index (χ3n) is 3.49. The van der Waals surface area contributed by atoms with Crippen molar-refractivity contribution in [1.29, 1.82) is 0 Å². The topological polar surface area (TPSA) is 50.4 Å². The van der Waals surface area contributed by atoms with Crippen LogP contribution < -0.4 is 10.6 Å². The van der Waals surface area contributed by atoms with Gasteiger partial charge in [-0.05, 0) is 31.4 Å². The van der Waals surface area contributed by atoms with Gasteiger partial charge in [0, 0.05) is 25.9 Å². The molecular formula is C14H20N2O2. The lowest BCUT2D eigenvalue weighted by molar-refractivity contribution is 0.0916. The first-order valence-electron chi connectivity index (χ1n) is 6.35. The average Bonchev–Trinajstić information content (AvgIpc) is 2.86. The molecule has 1 fully saturated rings. The minimum atomic E-state index is -0.0123. The first kappa shape index (κ1) is 12.9. The van der Waals surface area contributed by atoms with Gasteiger partial charge in [-0.2, -0.15) is 0 Å². The number of ether oxygens (including phenoxy) is 1. The van der Waals surface area contributed by atoms with E-state index in [9.17, 15) is 4.79 Å². The lowest BCUT2D eigenvalue weighted by Crippen LogP contribution is -2.33. The quantitative estimate of drug-likeness (QED) is 0.857. The summed E-state index contributed by atoms with van der Waals surface area (Å²) in [4.78, 5) is 12.2. The van der Waals surface area contributed by atoms with Crippen LogP contribution in [0.1, 0.15) is 29.6 Å². The Morgan fingerprint density at radius 2 is 2.11 bits per heavy atom. The largest absolute Gasteiger partial charge is 0.387 e. The zero-order valence-corrected chi connectivity index (χ0v) is 10.9. The Morgan fingerprint density at radius 1 is 1.33 bits per heavy atom. The standard InChI is InChI=1S/C14H20N2O2/c1-15-13-6-4-3-5-12(13)14(17)16-10-7-8-11(9-10)18-2/h3-6,10-11,15H,7-9H2,1-2H3,(H,16,17). The van der Waals surface area contributed by atoms with Crippen LogP contribution in [0, 0.1) is 0 Å². The predicted octanol–water partition coefficient (Wildman–Crippen LogP) is 2.03. The summed E-state index contributed by atoms with van der Waals surface area (Å²) in [6, 6.07) is 7.76. The molecule has 0 heterocycles. The van der Waals surface area contributed by atoms with E-state index in [0.717, 1.165) is 24.9 Å². The number of amides is 1. The maximum atomic E-state index is 12.2. The lowest BCUT2D eigenvalue weighted by Gasteiger charge is -2.14. The maximum absolute atomic E-state index is 12.2. The molecule has 0 aliphatic heterocycles. The lowest BCUT2D eigenvalue weighted by atomic mass is 10.1. The van der Waals surface area contributed by atoms with E-state index < -0.39 is 0 Å². The van der Waals surface area contributed by atoms with Gasteiger partial charge in [0.1, 0.15) is 0 Å². The summed E-state index contributed by atoms with van der Waals surface area (Å²) in [6.07, 6.45) is 3.21. The Labute approximate surface area is 108 Å². The van der Waals surface area contributed by atoms with Crippen LogP contribution in [-0.4, -0.2) is 32.2 Å². The smallest absolute Gasteiger partial charge is 0.253 e. The van der Waals surface area contributed by atoms with Gasteiger partial charge in [-0.15, -0.1) is 0 Å². The fourth-order valence-corrected chi connectivity index (χ4v) is 2.45. The summed E-state index contributed by atoms with van der Waals surface area (Å²) >= 11 is 0. The van der Waals surface area contributed by atoms with E-state index in [2.05, 4.69) is 10.6 Å². The molecule has 0 radical (unpaired) electrons. The Morgan fingerprint density at radius 3 is 2.78 bits per heavy atom. The van der Waals surface area contributed by atoms with Gasteiger partial charge in [-0.1, -0.05) is 12.1 Å². The number of carbonyl (C=O) groups is 1. The van der Waals surface area contributed by atoms with Gasteiger partial charge in [-0.25, -0.2) is 0 Å². The third kappa shape index (κ3) is 2.82. The fourth-order valence-electron chi connectivity index (χ4n) is 2.45. The van der Waals surface area contributed by atoms with Crippen molar-refractivity contribution in [2.24, 2.45) is 0 Å². The molecule has 98 valence electrons. The van der Waals surface area contributed by atoms with Crippen molar-refractivity contribution in [3.05, 3.63) is 29.8 Å². The summed E-state index contributed by atoms with van der Waals surface area (Å²) in [6.45, 7) is 0. The van der Waals surface area contributed by atoms with E-state index in [4.69, 9.17) is 4.74 Å². The van der Waals surface area contributed by atoms with Crippen molar-refractivity contribution >= 4 is 11.6 Å². The monoisotopic (exact) mass is 248 g/mol. The van der Waals surface area contributed by atoms with Crippen molar-refractivity contribution < 1.29 is 9.53 Å². The van der Waals surface area contributed by atoms with Gasteiger partial charge >= 0.3 is 0 Å². The van der Waals surface area contributed by atoms with Gasteiger partial charge in [0.25, 0.3) is 5.91 Å². The second kappa shape index (κ2) is 5.87. The minimum absolute atomic E-state index is 0.0123. The highest BCUT2D eigenvalue weighted by atomic mass is 16.5. The minimum Gasteiger partial charge on any atom is -0.387 e. The third-order valence-corrected chi connectivity index (χ3v) is 3.49. The average molecular weight is 248 g/mol. The molecule has 2 atom stereocenters. The van der Waals surface area contributed by atoms with Gasteiger partial charge in [-0.3, -0.25) is 4.79 Å². The first-order valence-corrected chi connectivity index (χ1v) is 6.35. The molecular weight excluding hydrogens is 228 g/mol. The normalized spacial score (nSPS) is 22.8. The Hall–Kier alpha value is -1.55. The molecule has 1 saturated carbocycles. The number of para-hydroxylation sites is 1. The van der Waals surface area contributed by atoms with Crippen LogP contribution in [-0.2, 0) is 4.74 Å². The van der Waals surface area contributed by atoms with Crippen molar-refractivity contribution in [1.82, 2.24) is 5.32 Å². The summed E-state index contributed by atoms with van der Waals surface area (Å²) in [5.41, 5.74) is 1.55. The molecule has 0 saturated heterocycles. The molecule has 0 spiro atoms. The van der Waals surface area contributed by atoms with Gasteiger partial charge in [0.05, 0.1) is 11.7 Å². The van der Waals surface area contributed by atoms with Crippen LogP contribution in [0.4, 0.5) is 5.69 Å². The van der Waals surface area contributed by atoms with Crippen LogP contribution in [0.3, 0.4) is 0 Å². The number of hydrogen-bond donors (Lipinski definition) is 2. The molecule has 0 bridgehead atoms. The van der Waals surface area contributed by atoms with Gasteiger partial charge < -0.3 is 15.4 Å². The second-order valence-corrected chi connectivity index (χ2v) is 4.64. The first-order chi connectivity index (χ1) is 8.74. The highest BCUT2D eigenvalue weighted by Gasteiger charge is 2.26. The van der Waals surface area contributed by atoms with E-state index in [-0.39, 0.29) is 18.1 Å². The van der Waals surface area contributed by atoms with Crippen LogP contribution in [0.15, 0.2) is 24.3 Å². The molecule has 2 rings (SSSR count). The van der Waals surface area contributed by atoms with Crippen molar-refractivity contribution in [2.45, 2.75) is 31.4 Å². The number of nitrogens with one attached hydrogen (secondary N) is 2. The zero-order valence-electron chi connectivity index (χ0n) is 10.9. The van der Waals surface area contributed by atoms with E-state index in [1.807, 2.05) is 31.3 Å². The molecule has 4 heteroatoms. The molecule has 18 heavy (non-hydrogen) atoms. The maximum Gasteiger partial charge on any atom is 0.253 e. The van der Waals surface area contributed by atoms with Crippen LogP contribution in [0.2, 0.25) is 0 Å². The molecule has 1 aliphatic carbocycles. The summed E-state index contributed by atoms with van der Waals surface area (Å²) in [7, 11) is 3.55. The van der Waals surface area contributed by atoms with E-state index in [0.29, 0.717) is 5.56 Å². The predicted molar refractivity (Wildman–Crippen MR) is 71.9 cm³/mol. The van der Waals surface area contributed by atoms with E-state index in [1.54, 1.807) is 7.11 Å². The van der Waals surface area contributed by atoms with Gasteiger partial charge in [0.15, 0.2) is 0 Å². The second-order valence-electron chi connectivity index (χ2n) is 4.64. The molecule has 2 N–H and O–H groups in total. The molecule has 4 nitrogen and oxygen atoms in total. The van der Waals surface area contributed by atoms with Crippen molar-refractivity contribution in [2.75, 3.05) is 19.5 Å². The van der Waals surface area contributed by atoms with Gasteiger partial charge in [0.2, 0.25) is 0 Å². The van der Waals surface area contributed by atoms with Crippen LogP contribution >= 0.6 is 0 Å². The number of carbonyl (C=O) groups excluding carboxylic acids is 1. The highest BCUT2D eigenvalue weighted by Crippen LogP contribution is 2.22. The SMILES string of the molecule is CNc1ccccc1C(=O)NC1CCC(OC)C1. The molecule has 1 aromatic rings. The highest BCUT2D eigenvalue weighted by molar-refractivity contribution is 5.99. The number of methoxy groups -OCH3 is 1. The Kier molecular flexibility index (Phi) is 4.20. The number of rotatable bonds is 4. The van der Waals surface area contributed by atoms with Crippen LogP contribution in [0.5, 0.6) is 0 Å². The Bertz CT molecular complexity index is 420. The molecule has 1 aliphatic rings. The summed E-state index contributed by atoms with van der Waals surface area (Å²) < 4.78 is 5.31. The zero-order chi connectivity index (χ0) is 13.0. The number of benzene rings is 1. The van der Waals surface area contributed by atoms with Crippen LogP contribution in [0.25, 0.3) is 0 Å². The Balaban J connectivity index is 2.00. The molecule has 1 aromatic carbocycles. The summed E-state index contributed by atoms with van der Waals surface area (Å²) in [5.74, 6) is -0.0123.